The van der Waals surface area contributed by atoms with Gasteiger partial charge in [0.25, 0.3) is 5.56 Å². The number of benzene rings is 2. The zero-order valence-electron chi connectivity index (χ0n) is 19.1. The highest BCUT2D eigenvalue weighted by Crippen LogP contribution is 2.27. The average Bonchev–Trinajstić information content (AvgIpc) is 3.14. The van der Waals surface area contributed by atoms with Crippen LogP contribution in [0.4, 0.5) is 11.5 Å². The lowest BCUT2D eigenvalue weighted by atomic mass is 10.1. The molecule has 0 bridgehead atoms. The van der Waals surface area contributed by atoms with E-state index in [1.807, 2.05) is 41.1 Å². The molecule has 0 saturated carbocycles. The van der Waals surface area contributed by atoms with Crippen molar-refractivity contribution < 1.29 is 0 Å². The van der Waals surface area contributed by atoms with Gasteiger partial charge in [-0.15, -0.1) is 0 Å². The molecule has 0 amide bonds. The van der Waals surface area contributed by atoms with Crippen LogP contribution in [0, 0.1) is 5.92 Å². The Morgan fingerprint density at radius 1 is 0.938 bits per heavy atom. The minimum absolute atomic E-state index is 0.267. The summed E-state index contributed by atoms with van der Waals surface area (Å²) in [6, 6.07) is 18.3. The van der Waals surface area contributed by atoms with Gasteiger partial charge in [0.1, 0.15) is 11.2 Å². The zero-order chi connectivity index (χ0) is 22.8. The third-order valence-corrected chi connectivity index (χ3v) is 5.75. The van der Waals surface area contributed by atoms with E-state index < -0.39 is 0 Å². The predicted octanol–water partition coefficient (Wildman–Crippen LogP) is 4.51. The van der Waals surface area contributed by atoms with Gasteiger partial charge in [-0.05, 0) is 35.6 Å². The van der Waals surface area contributed by atoms with Crippen LogP contribution in [-0.2, 0) is 26.6 Å². The lowest BCUT2D eigenvalue weighted by Gasteiger charge is -2.13. The number of anilines is 2. The van der Waals surface area contributed by atoms with Crippen LogP contribution in [-0.4, -0.2) is 13.7 Å². The molecule has 2 aromatic heterocycles. The lowest BCUT2D eigenvalue weighted by Crippen LogP contribution is -2.38. The summed E-state index contributed by atoms with van der Waals surface area (Å²) in [6.07, 6.45) is 2.92. The molecule has 4 rings (SSSR count). The van der Waals surface area contributed by atoms with Gasteiger partial charge in [0, 0.05) is 32.0 Å². The minimum atomic E-state index is -0.288. The monoisotopic (exact) mass is 430 g/mol. The van der Waals surface area contributed by atoms with Gasteiger partial charge in [0.2, 0.25) is 0 Å². The van der Waals surface area contributed by atoms with Gasteiger partial charge in [-0.25, -0.2) is 4.79 Å². The highest BCUT2D eigenvalue weighted by Gasteiger charge is 2.20. The summed E-state index contributed by atoms with van der Waals surface area (Å²) in [7, 11) is 1.55. The quantitative estimate of drug-likeness (QED) is 0.469. The fourth-order valence-electron chi connectivity index (χ4n) is 4.03. The Hall–Kier alpha value is -3.54. The smallest absolute Gasteiger partial charge is 0.331 e. The SMILES string of the molecule is CCc1ccc(Cn2cc3c(c2Nc2ccccc2)c(=O)n(C)c(=O)n3CC(C)C)cc1. The zero-order valence-corrected chi connectivity index (χ0v) is 19.1. The molecule has 6 nitrogen and oxygen atoms in total. The number of nitrogens with one attached hydrogen (secondary N) is 1. The Bertz CT molecular complexity index is 1340. The standard InChI is InChI=1S/C26H30N4O2/c1-5-19-11-13-20(14-12-19)16-29-17-22-23(24(29)27-21-9-7-6-8-10-21)25(31)28(4)26(32)30(22)15-18(2)3/h6-14,17-18,27H,5,15-16H2,1-4H3. The molecule has 166 valence electrons. The van der Waals surface area contributed by atoms with Gasteiger partial charge in [0.05, 0.1) is 5.52 Å². The second-order valence-electron chi connectivity index (χ2n) is 8.68. The molecule has 32 heavy (non-hydrogen) atoms. The van der Waals surface area contributed by atoms with Crippen molar-refractivity contribution in [1.82, 2.24) is 13.7 Å². The van der Waals surface area contributed by atoms with Crippen molar-refractivity contribution >= 4 is 22.4 Å². The van der Waals surface area contributed by atoms with Crippen molar-refractivity contribution in [2.75, 3.05) is 5.32 Å². The van der Waals surface area contributed by atoms with Crippen molar-refractivity contribution in [3.05, 3.63) is 92.8 Å². The van der Waals surface area contributed by atoms with Crippen LogP contribution in [0.2, 0.25) is 0 Å². The Balaban J connectivity index is 1.94. The van der Waals surface area contributed by atoms with Gasteiger partial charge in [-0.1, -0.05) is 63.2 Å². The summed E-state index contributed by atoms with van der Waals surface area (Å²) >= 11 is 0. The number of aryl methyl sites for hydroxylation is 1. The molecule has 0 atom stereocenters. The van der Waals surface area contributed by atoms with Crippen molar-refractivity contribution in [3.8, 4) is 0 Å². The molecule has 6 heteroatoms. The van der Waals surface area contributed by atoms with Gasteiger partial charge < -0.3 is 9.88 Å². The molecular formula is C26H30N4O2. The summed E-state index contributed by atoms with van der Waals surface area (Å²) in [6.45, 7) is 7.41. The largest absolute Gasteiger partial charge is 0.341 e. The number of hydrogen-bond acceptors (Lipinski definition) is 3. The van der Waals surface area contributed by atoms with E-state index in [9.17, 15) is 9.59 Å². The summed E-state index contributed by atoms with van der Waals surface area (Å²) in [5.74, 6) is 0.966. The van der Waals surface area contributed by atoms with Gasteiger partial charge in [-0.2, -0.15) is 0 Å². The maximum atomic E-state index is 13.2. The Labute approximate surface area is 187 Å². The number of aromatic nitrogens is 3. The van der Waals surface area contributed by atoms with Gasteiger partial charge >= 0.3 is 5.69 Å². The Morgan fingerprint density at radius 3 is 2.22 bits per heavy atom. The van der Waals surface area contributed by atoms with Crippen molar-refractivity contribution in [2.24, 2.45) is 13.0 Å². The maximum Gasteiger partial charge on any atom is 0.331 e. The number of para-hydroxylation sites is 1. The molecule has 2 heterocycles. The molecule has 0 saturated heterocycles. The van der Waals surface area contributed by atoms with Crippen molar-refractivity contribution in [3.63, 3.8) is 0 Å². The second-order valence-corrected chi connectivity index (χ2v) is 8.68. The first-order valence-corrected chi connectivity index (χ1v) is 11.1. The number of hydrogen-bond donors (Lipinski definition) is 1. The molecule has 1 N–H and O–H groups in total. The van der Waals surface area contributed by atoms with E-state index >= 15 is 0 Å². The summed E-state index contributed by atoms with van der Waals surface area (Å²) < 4.78 is 4.96. The van der Waals surface area contributed by atoms with E-state index in [4.69, 9.17) is 0 Å². The average molecular weight is 431 g/mol. The van der Waals surface area contributed by atoms with Crippen LogP contribution < -0.4 is 16.6 Å². The first-order chi connectivity index (χ1) is 15.4. The summed E-state index contributed by atoms with van der Waals surface area (Å²) in [5.41, 5.74) is 3.39. The van der Waals surface area contributed by atoms with E-state index in [0.717, 1.165) is 17.7 Å². The van der Waals surface area contributed by atoms with Crippen LogP contribution in [0.1, 0.15) is 31.9 Å². The minimum Gasteiger partial charge on any atom is -0.341 e. The molecule has 0 radical (unpaired) electrons. The third-order valence-electron chi connectivity index (χ3n) is 5.75. The molecule has 0 fully saturated rings. The van der Waals surface area contributed by atoms with Crippen LogP contribution >= 0.6 is 0 Å². The second kappa shape index (κ2) is 8.91. The van der Waals surface area contributed by atoms with E-state index in [0.29, 0.717) is 29.8 Å². The van der Waals surface area contributed by atoms with Crippen molar-refractivity contribution in [2.45, 2.75) is 40.3 Å². The summed E-state index contributed by atoms with van der Waals surface area (Å²) in [4.78, 5) is 26.2. The molecule has 0 aliphatic rings. The number of rotatable bonds is 7. The highest BCUT2D eigenvalue weighted by molar-refractivity contribution is 5.92. The first kappa shape index (κ1) is 21.7. The first-order valence-electron chi connectivity index (χ1n) is 11.1. The Morgan fingerprint density at radius 2 is 1.59 bits per heavy atom. The van der Waals surface area contributed by atoms with Crippen LogP contribution in [0.15, 0.2) is 70.4 Å². The molecule has 0 unspecified atom stereocenters. The maximum absolute atomic E-state index is 13.2. The summed E-state index contributed by atoms with van der Waals surface area (Å²) in [5, 5.41) is 3.97. The van der Waals surface area contributed by atoms with Crippen LogP contribution in [0.3, 0.4) is 0 Å². The topological polar surface area (TPSA) is 61.0 Å². The predicted molar refractivity (Wildman–Crippen MR) is 131 cm³/mol. The highest BCUT2D eigenvalue weighted by atomic mass is 16.2. The molecule has 0 aliphatic heterocycles. The van der Waals surface area contributed by atoms with E-state index in [-0.39, 0.29) is 17.2 Å². The van der Waals surface area contributed by atoms with Crippen LogP contribution in [0.25, 0.3) is 10.9 Å². The van der Waals surface area contributed by atoms with Gasteiger partial charge in [0.15, 0.2) is 0 Å². The number of nitrogens with zero attached hydrogens (tertiary/aromatic N) is 3. The fourth-order valence-corrected chi connectivity index (χ4v) is 4.03. The van der Waals surface area contributed by atoms with E-state index in [1.165, 1.54) is 10.1 Å². The number of fused-ring (bicyclic) bond motifs is 1. The lowest BCUT2D eigenvalue weighted by molar-refractivity contribution is 0.502. The van der Waals surface area contributed by atoms with E-state index in [2.05, 4.69) is 50.4 Å². The molecule has 2 aromatic carbocycles. The van der Waals surface area contributed by atoms with Gasteiger partial charge in [-0.3, -0.25) is 13.9 Å². The van der Waals surface area contributed by atoms with Crippen molar-refractivity contribution in [1.29, 1.82) is 0 Å². The Kier molecular flexibility index (Phi) is 6.04. The molecule has 0 spiro atoms. The van der Waals surface area contributed by atoms with Crippen LogP contribution in [0.5, 0.6) is 0 Å². The third kappa shape index (κ3) is 4.13. The molecular weight excluding hydrogens is 400 g/mol. The fraction of sp³-hybridized carbons (Fsp3) is 0.308. The normalized spacial score (nSPS) is 11.4. The van der Waals surface area contributed by atoms with E-state index in [1.54, 1.807) is 11.6 Å². The molecule has 0 aliphatic carbocycles. The molecule has 4 aromatic rings.